The minimum Gasteiger partial charge on any atom is -0.381 e. The van der Waals surface area contributed by atoms with Gasteiger partial charge in [0.2, 0.25) is 5.91 Å². The molecule has 0 saturated carbocycles. The number of ether oxygens (including phenoxy) is 1. The van der Waals surface area contributed by atoms with Gasteiger partial charge in [0.25, 0.3) is 0 Å². The number of carbonyl (C=O) groups excluding carboxylic acids is 1. The van der Waals surface area contributed by atoms with Crippen LogP contribution >= 0.6 is 12.4 Å². The Morgan fingerprint density at radius 1 is 1.25 bits per heavy atom. The molecule has 6 heteroatoms. The Bertz CT molecular complexity index is 526. The second-order valence-corrected chi connectivity index (χ2v) is 6.62. The minimum absolute atomic E-state index is 0. The van der Waals surface area contributed by atoms with Crippen molar-refractivity contribution >= 4 is 18.3 Å². The Labute approximate surface area is 148 Å². The standard InChI is InChI=1S/C18H25FN2O2.ClH/c19-15-6-4-14(5-7-15)18(8-11-23-12-9-18)13-21-17(22)16-3-1-2-10-20-16;/h4-7,16,20H,1-3,8-13H2,(H,21,22);1H. The summed E-state index contributed by atoms with van der Waals surface area (Å²) in [5.74, 6) is -0.149. The van der Waals surface area contributed by atoms with Gasteiger partial charge < -0.3 is 15.4 Å². The monoisotopic (exact) mass is 356 g/mol. The van der Waals surface area contributed by atoms with Crippen LogP contribution < -0.4 is 10.6 Å². The van der Waals surface area contributed by atoms with Crippen molar-refractivity contribution in [3.8, 4) is 0 Å². The van der Waals surface area contributed by atoms with Crippen molar-refractivity contribution < 1.29 is 13.9 Å². The molecule has 24 heavy (non-hydrogen) atoms. The topological polar surface area (TPSA) is 50.4 Å². The Hall–Kier alpha value is -1.17. The van der Waals surface area contributed by atoms with Crippen LogP contribution in [0.1, 0.15) is 37.7 Å². The minimum atomic E-state index is -0.230. The van der Waals surface area contributed by atoms with Crippen molar-refractivity contribution in [2.45, 2.75) is 43.6 Å². The number of piperidine rings is 1. The van der Waals surface area contributed by atoms with E-state index in [2.05, 4.69) is 10.6 Å². The molecule has 1 amide bonds. The van der Waals surface area contributed by atoms with E-state index in [4.69, 9.17) is 4.74 Å². The van der Waals surface area contributed by atoms with Crippen LogP contribution in [0.5, 0.6) is 0 Å². The number of nitrogens with one attached hydrogen (secondary N) is 2. The van der Waals surface area contributed by atoms with Crippen molar-refractivity contribution in [1.82, 2.24) is 10.6 Å². The molecule has 1 aromatic rings. The molecule has 2 aliphatic rings. The lowest BCUT2D eigenvalue weighted by Crippen LogP contribution is -2.51. The van der Waals surface area contributed by atoms with Crippen LogP contribution in [0.4, 0.5) is 4.39 Å². The molecule has 0 spiro atoms. The first-order valence-electron chi connectivity index (χ1n) is 8.55. The number of benzene rings is 1. The SMILES string of the molecule is Cl.O=C(NCC1(c2ccc(F)cc2)CCOCC1)C1CCCCN1. The van der Waals surface area contributed by atoms with E-state index in [-0.39, 0.29) is 35.6 Å². The van der Waals surface area contributed by atoms with E-state index in [1.54, 1.807) is 0 Å². The Balaban J connectivity index is 0.00000208. The predicted molar refractivity (Wildman–Crippen MR) is 94.0 cm³/mol. The highest BCUT2D eigenvalue weighted by Crippen LogP contribution is 2.34. The van der Waals surface area contributed by atoms with E-state index in [0.29, 0.717) is 19.8 Å². The van der Waals surface area contributed by atoms with Gasteiger partial charge >= 0.3 is 0 Å². The zero-order valence-electron chi connectivity index (χ0n) is 13.9. The van der Waals surface area contributed by atoms with Crippen LogP contribution in [0.25, 0.3) is 0 Å². The number of hydrogen-bond donors (Lipinski definition) is 2. The lowest BCUT2D eigenvalue weighted by Gasteiger charge is -2.38. The molecule has 0 bridgehead atoms. The van der Waals surface area contributed by atoms with Gasteiger partial charge in [-0.3, -0.25) is 4.79 Å². The number of carbonyl (C=O) groups is 1. The van der Waals surface area contributed by atoms with Gasteiger partial charge in [-0.1, -0.05) is 18.6 Å². The first-order valence-corrected chi connectivity index (χ1v) is 8.55. The lowest BCUT2D eigenvalue weighted by atomic mass is 9.74. The van der Waals surface area contributed by atoms with E-state index < -0.39 is 0 Å². The summed E-state index contributed by atoms with van der Waals surface area (Å²) in [5, 5.41) is 6.41. The molecule has 1 atom stereocenters. The van der Waals surface area contributed by atoms with Crippen molar-refractivity contribution in [1.29, 1.82) is 0 Å². The summed E-state index contributed by atoms with van der Waals surface area (Å²) in [6, 6.07) is 6.60. The maximum absolute atomic E-state index is 13.2. The largest absolute Gasteiger partial charge is 0.381 e. The number of amides is 1. The third-order valence-electron chi connectivity index (χ3n) is 5.13. The molecule has 1 aromatic carbocycles. The fourth-order valence-corrected chi connectivity index (χ4v) is 3.59. The zero-order chi connectivity index (χ0) is 16.1. The third-order valence-corrected chi connectivity index (χ3v) is 5.13. The Morgan fingerprint density at radius 2 is 1.96 bits per heavy atom. The average molecular weight is 357 g/mol. The van der Waals surface area contributed by atoms with E-state index in [0.717, 1.165) is 44.2 Å². The Kier molecular flexibility index (Phi) is 7.02. The predicted octanol–water partition coefficient (Wildman–Crippen LogP) is 2.55. The fourth-order valence-electron chi connectivity index (χ4n) is 3.59. The molecule has 2 saturated heterocycles. The van der Waals surface area contributed by atoms with Crippen LogP contribution in [0, 0.1) is 5.82 Å². The maximum atomic E-state index is 13.2. The van der Waals surface area contributed by atoms with Gasteiger partial charge in [0.1, 0.15) is 5.82 Å². The second-order valence-electron chi connectivity index (χ2n) is 6.62. The summed E-state index contributed by atoms with van der Waals surface area (Å²) < 4.78 is 18.7. The average Bonchev–Trinajstić information content (AvgIpc) is 2.62. The van der Waals surface area contributed by atoms with Crippen molar-refractivity contribution in [3.05, 3.63) is 35.6 Å². The molecule has 3 rings (SSSR count). The third kappa shape index (κ3) is 4.47. The quantitative estimate of drug-likeness (QED) is 0.871. The number of hydrogen-bond acceptors (Lipinski definition) is 3. The van der Waals surface area contributed by atoms with E-state index in [9.17, 15) is 9.18 Å². The van der Waals surface area contributed by atoms with Gasteiger partial charge in [-0.15, -0.1) is 12.4 Å². The molecule has 4 nitrogen and oxygen atoms in total. The molecular weight excluding hydrogens is 331 g/mol. The van der Waals surface area contributed by atoms with Gasteiger partial charge in [0.05, 0.1) is 6.04 Å². The van der Waals surface area contributed by atoms with Crippen LogP contribution in [0.3, 0.4) is 0 Å². The highest BCUT2D eigenvalue weighted by atomic mass is 35.5. The van der Waals surface area contributed by atoms with Gasteiger partial charge in [-0.25, -0.2) is 4.39 Å². The van der Waals surface area contributed by atoms with E-state index >= 15 is 0 Å². The Morgan fingerprint density at radius 3 is 2.58 bits per heavy atom. The first kappa shape index (κ1) is 19.2. The van der Waals surface area contributed by atoms with Crippen LogP contribution in [0.15, 0.2) is 24.3 Å². The molecule has 2 aliphatic heterocycles. The number of rotatable bonds is 4. The lowest BCUT2D eigenvalue weighted by molar-refractivity contribution is -0.124. The van der Waals surface area contributed by atoms with Crippen LogP contribution in [-0.4, -0.2) is 38.3 Å². The summed E-state index contributed by atoms with van der Waals surface area (Å²) in [6.07, 6.45) is 4.83. The van der Waals surface area contributed by atoms with Gasteiger partial charge in [-0.05, 0) is 49.9 Å². The molecule has 1 unspecified atom stereocenters. The highest BCUT2D eigenvalue weighted by molar-refractivity contribution is 5.85. The van der Waals surface area contributed by atoms with Crippen molar-refractivity contribution in [3.63, 3.8) is 0 Å². The summed E-state index contributed by atoms with van der Waals surface area (Å²) in [5.41, 5.74) is 0.926. The van der Waals surface area contributed by atoms with Gasteiger partial charge in [-0.2, -0.15) is 0 Å². The summed E-state index contributed by atoms with van der Waals surface area (Å²) in [7, 11) is 0. The molecular formula is C18H26ClFN2O2. The van der Waals surface area contributed by atoms with E-state index in [1.807, 2.05) is 12.1 Å². The van der Waals surface area contributed by atoms with E-state index in [1.165, 1.54) is 12.1 Å². The molecule has 2 fully saturated rings. The summed E-state index contributed by atoms with van der Waals surface area (Å²) in [6.45, 7) is 2.85. The number of halogens is 2. The molecule has 0 aromatic heterocycles. The normalized spacial score (nSPS) is 23.1. The molecule has 0 aliphatic carbocycles. The van der Waals surface area contributed by atoms with Crippen LogP contribution in [0.2, 0.25) is 0 Å². The summed E-state index contributed by atoms with van der Waals surface area (Å²) in [4.78, 5) is 12.4. The molecule has 0 radical (unpaired) electrons. The van der Waals surface area contributed by atoms with Gasteiger partial charge in [0.15, 0.2) is 0 Å². The van der Waals surface area contributed by atoms with Crippen LogP contribution in [-0.2, 0) is 14.9 Å². The van der Waals surface area contributed by atoms with Crippen molar-refractivity contribution in [2.24, 2.45) is 0 Å². The first-order chi connectivity index (χ1) is 11.2. The fraction of sp³-hybridized carbons (Fsp3) is 0.611. The highest BCUT2D eigenvalue weighted by Gasteiger charge is 2.35. The van der Waals surface area contributed by atoms with Gasteiger partial charge in [0, 0.05) is 25.2 Å². The molecule has 2 heterocycles. The van der Waals surface area contributed by atoms with Crippen molar-refractivity contribution in [2.75, 3.05) is 26.3 Å². The molecule has 2 N–H and O–H groups in total. The molecule has 134 valence electrons. The second kappa shape index (κ2) is 8.79. The zero-order valence-corrected chi connectivity index (χ0v) is 14.7. The smallest absolute Gasteiger partial charge is 0.237 e. The summed E-state index contributed by atoms with van der Waals surface area (Å²) >= 11 is 0. The maximum Gasteiger partial charge on any atom is 0.237 e.